The van der Waals surface area contributed by atoms with Crippen LogP contribution in [0.15, 0.2) is 30.5 Å². The summed E-state index contributed by atoms with van der Waals surface area (Å²) in [5, 5.41) is 7.27. The number of Topliss-reactive ketones (excluding diaryl/α,β-unsaturated/α-hetero) is 1. The van der Waals surface area contributed by atoms with E-state index in [0.29, 0.717) is 17.7 Å². The van der Waals surface area contributed by atoms with Crippen LogP contribution in [0.25, 0.3) is 5.65 Å². The minimum Gasteiger partial charge on any atom is -0.322 e. The molecule has 1 amide bonds. The van der Waals surface area contributed by atoms with E-state index in [-0.39, 0.29) is 11.7 Å². The van der Waals surface area contributed by atoms with Crippen molar-refractivity contribution in [3.05, 3.63) is 58.5 Å². The van der Waals surface area contributed by atoms with Crippen LogP contribution in [-0.4, -0.2) is 26.3 Å². The predicted octanol–water partition coefficient (Wildman–Crippen LogP) is 3.12. The Kier molecular flexibility index (Phi) is 3.60. The molecule has 1 N–H and O–H groups in total. The molecule has 0 fully saturated rings. The number of benzene rings is 1. The van der Waals surface area contributed by atoms with Gasteiger partial charge in [0.15, 0.2) is 11.4 Å². The molecule has 2 heterocycles. The van der Waals surface area contributed by atoms with E-state index in [2.05, 4.69) is 15.4 Å². The molecule has 2 aromatic heterocycles. The monoisotopic (exact) mass is 334 g/mol. The summed E-state index contributed by atoms with van der Waals surface area (Å²) in [4.78, 5) is 28.9. The summed E-state index contributed by atoms with van der Waals surface area (Å²) in [7, 11) is 0. The maximum Gasteiger partial charge on any atom is 0.259 e. The molecular formula is C19H18N4O2. The zero-order chi connectivity index (χ0) is 17.6. The molecule has 6 nitrogen and oxygen atoms in total. The molecule has 0 unspecified atom stereocenters. The molecular weight excluding hydrogens is 316 g/mol. The van der Waals surface area contributed by atoms with Gasteiger partial charge in [-0.1, -0.05) is 0 Å². The summed E-state index contributed by atoms with van der Waals surface area (Å²) in [5.74, 6) is -0.0548. The number of amides is 1. The van der Waals surface area contributed by atoms with Gasteiger partial charge >= 0.3 is 0 Å². The Morgan fingerprint density at radius 2 is 2.04 bits per heavy atom. The molecule has 0 atom stereocenters. The number of fused-ring (bicyclic) bond motifs is 2. The van der Waals surface area contributed by atoms with E-state index in [1.807, 2.05) is 26.0 Å². The molecule has 0 bridgehead atoms. The Morgan fingerprint density at radius 1 is 1.20 bits per heavy atom. The van der Waals surface area contributed by atoms with Crippen molar-refractivity contribution in [1.82, 2.24) is 14.6 Å². The van der Waals surface area contributed by atoms with Crippen molar-refractivity contribution in [1.29, 1.82) is 0 Å². The van der Waals surface area contributed by atoms with Gasteiger partial charge in [-0.15, -0.1) is 0 Å². The first-order chi connectivity index (χ1) is 12.0. The standard InChI is InChI=1S/C19H18N4O2/c1-11-8-18-20-10-16(12(2)23(18)22-11)19(25)21-14-6-7-15-13(9-14)4-3-5-17(15)24/h6-10H,3-5H2,1-2H3,(H,21,25). The summed E-state index contributed by atoms with van der Waals surface area (Å²) < 4.78 is 1.68. The number of rotatable bonds is 2. The highest BCUT2D eigenvalue weighted by atomic mass is 16.1. The van der Waals surface area contributed by atoms with Gasteiger partial charge in [-0.3, -0.25) is 9.59 Å². The third kappa shape index (κ3) is 2.69. The summed E-state index contributed by atoms with van der Waals surface area (Å²) in [6.07, 6.45) is 3.90. The molecule has 0 radical (unpaired) electrons. The Labute approximate surface area is 144 Å². The van der Waals surface area contributed by atoms with Crippen LogP contribution in [0.2, 0.25) is 0 Å². The zero-order valence-electron chi connectivity index (χ0n) is 14.2. The summed E-state index contributed by atoms with van der Waals surface area (Å²) in [6.45, 7) is 3.74. The molecule has 6 heteroatoms. The van der Waals surface area contributed by atoms with Gasteiger partial charge in [-0.25, -0.2) is 9.50 Å². The molecule has 126 valence electrons. The van der Waals surface area contributed by atoms with Gasteiger partial charge in [0.05, 0.1) is 17.0 Å². The van der Waals surface area contributed by atoms with Crippen LogP contribution < -0.4 is 5.32 Å². The second-order valence-electron chi connectivity index (χ2n) is 6.42. The fourth-order valence-corrected chi connectivity index (χ4v) is 3.31. The molecule has 1 aromatic carbocycles. The maximum atomic E-state index is 12.7. The first-order valence-electron chi connectivity index (χ1n) is 8.32. The third-order valence-corrected chi connectivity index (χ3v) is 4.60. The third-order valence-electron chi connectivity index (χ3n) is 4.60. The van der Waals surface area contributed by atoms with Crippen LogP contribution in [0.5, 0.6) is 0 Å². The van der Waals surface area contributed by atoms with Gasteiger partial charge in [-0.05, 0) is 50.5 Å². The second-order valence-corrected chi connectivity index (χ2v) is 6.42. The van der Waals surface area contributed by atoms with Crippen molar-refractivity contribution >= 4 is 23.0 Å². The van der Waals surface area contributed by atoms with Crippen LogP contribution >= 0.6 is 0 Å². The minimum atomic E-state index is -0.234. The van der Waals surface area contributed by atoms with E-state index >= 15 is 0 Å². The first-order valence-corrected chi connectivity index (χ1v) is 8.32. The van der Waals surface area contributed by atoms with Crippen molar-refractivity contribution in [2.75, 3.05) is 5.32 Å². The first kappa shape index (κ1) is 15.5. The molecule has 3 aromatic rings. The molecule has 0 spiro atoms. The highest BCUT2D eigenvalue weighted by Crippen LogP contribution is 2.24. The number of anilines is 1. The zero-order valence-corrected chi connectivity index (χ0v) is 14.2. The number of nitrogens with zero attached hydrogens (tertiary/aromatic N) is 3. The quantitative estimate of drug-likeness (QED) is 0.781. The fourth-order valence-electron chi connectivity index (χ4n) is 3.31. The van der Waals surface area contributed by atoms with Crippen LogP contribution in [0.1, 0.15) is 50.5 Å². The van der Waals surface area contributed by atoms with Crippen LogP contribution in [0.3, 0.4) is 0 Å². The Morgan fingerprint density at radius 3 is 2.88 bits per heavy atom. The maximum absolute atomic E-state index is 12.7. The lowest BCUT2D eigenvalue weighted by atomic mass is 9.90. The lowest BCUT2D eigenvalue weighted by Crippen LogP contribution is -2.17. The molecule has 25 heavy (non-hydrogen) atoms. The van der Waals surface area contributed by atoms with E-state index in [1.54, 1.807) is 22.8 Å². The number of carbonyl (C=O) groups is 2. The van der Waals surface area contributed by atoms with Crippen molar-refractivity contribution in [2.45, 2.75) is 33.1 Å². The minimum absolute atomic E-state index is 0.179. The number of aromatic nitrogens is 3. The highest BCUT2D eigenvalue weighted by Gasteiger charge is 2.18. The summed E-state index contributed by atoms with van der Waals surface area (Å²) in [6, 6.07) is 7.34. The van der Waals surface area contributed by atoms with Gasteiger partial charge in [0.25, 0.3) is 5.91 Å². The average molecular weight is 334 g/mol. The molecule has 0 saturated carbocycles. The van der Waals surface area contributed by atoms with E-state index in [0.717, 1.165) is 41.0 Å². The predicted molar refractivity (Wildman–Crippen MR) is 94.1 cm³/mol. The van der Waals surface area contributed by atoms with Gasteiger partial charge in [0.2, 0.25) is 0 Å². The number of carbonyl (C=O) groups excluding carboxylic acids is 2. The summed E-state index contributed by atoms with van der Waals surface area (Å²) >= 11 is 0. The van der Waals surface area contributed by atoms with Crippen LogP contribution in [0, 0.1) is 13.8 Å². The van der Waals surface area contributed by atoms with Crippen LogP contribution in [0.4, 0.5) is 5.69 Å². The van der Waals surface area contributed by atoms with Gasteiger partial charge in [0.1, 0.15) is 0 Å². The van der Waals surface area contributed by atoms with Crippen molar-refractivity contribution in [3.8, 4) is 0 Å². The van der Waals surface area contributed by atoms with Crippen LogP contribution in [-0.2, 0) is 6.42 Å². The normalized spacial score (nSPS) is 13.8. The van der Waals surface area contributed by atoms with E-state index in [4.69, 9.17) is 0 Å². The van der Waals surface area contributed by atoms with E-state index in [1.165, 1.54) is 0 Å². The van der Waals surface area contributed by atoms with Gasteiger partial charge < -0.3 is 5.32 Å². The fraction of sp³-hybridized carbons (Fsp3) is 0.263. The molecule has 0 saturated heterocycles. The van der Waals surface area contributed by atoms with E-state index < -0.39 is 0 Å². The second kappa shape index (κ2) is 5.81. The SMILES string of the molecule is Cc1cc2ncc(C(=O)Nc3ccc4c(c3)CCCC4=O)c(C)n2n1. The molecule has 1 aliphatic carbocycles. The Balaban J connectivity index is 1.64. The molecule has 4 rings (SSSR count). The number of nitrogens with one attached hydrogen (secondary N) is 1. The number of aryl methyl sites for hydroxylation is 3. The number of hydrogen-bond donors (Lipinski definition) is 1. The Bertz CT molecular complexity index is 1020. The van der Waals surface area contributed by atoms with Gasteiger partial charge in [-0.2, -0.15) is 5.10 Å². The molecule has 0 aliphatic heterocycles. The van der Waals surface area contributed by atoms with Crippen molar-refractivity contribution in [3.63, 3.8) is 0 Å². The lowest BCUT2D eigenvalue weighted by Gasteiger charge is -2.16. The lowest BCUT2D eigenvalue weighted by molar-refractivity contribution is 0.0971. The topological polar surface area (TPSA) is 76.4 Å². The molecule has 1 aliphatic rings. The number of hydrogen-bond acceptors (Lipinski definition) is 4. The largest absolute Gasteiger partial charge is 0.322 e. The smallest absolute Gasteiger partial charge is 0.259 e. The van der Waals surface area contributed by atoms with E-state index in [9.17, 15) is 9.59 Å². The number of ketones is 1. The van der Waals surface area contributed by atoms with Gasteiger partial charge in [0, 0.05) is 29.9 Å². The van der Waals surface area contributed by atoms with Crippen molar-refractivity contribution in [2.24, 2.45) is 0 Å². The highest BCUT2D eigenvalue weighted by molar-refractivity contribution is 6.05. The summed E-state index contributed by atoms with van der Waals surface area (Å²) in [5.41, 5.74) is 5.26. The average Bonchev–Trinajstić information content (AvgIpc) is 2.96. The Hall–Kier alpha value is -3.02. The van der Waals surface area contributed by atoms with Crippen molar-refractivity contribution < 1.29 is 9.59 Å².